The minimum Gasteiger partial charge on any atom is -0.0804 e. The molecule has 0 heterocycles. The molecule has 174 valence electrons. The average molecular weight is 423 g/mol. The summed E-state index contributed by atoms with van der Waals surface area (Å²) in [5, 5.41) is 0. The van der Waals surface area contributed by atoms with Crippen LogP contribution >= 0.6 is 0 Å². The van der Waals surface area contributed by atoms with Gasteiger partial charge in [-0.25, -0.2) is 0 Å². The molecule has 0 radical (unpaired) electrons. The monoisotopic (exact) mass is 422 g/mol. The molecule has 31 heavy (non-hydrogen) atoms. The molecule has 3 rings (SSSR count). The van der Waals surface area contributed by atoms with Crippen molar-refractivity contribution in [1.29, 1.82) is 0 Å². The summed E-state index contributed by atoms with van der Waals surface area (Å²) in [6.07, 6.45) is 28.1. The maximum atomic E-state index is 2.57. The van der Waals surface area contributed by atoms with Crippen LogP contribution in [0.15, 0.2) is 30.3 Å². The fourth-order valence-electron chi connectivity index (χ4n) is 6.05. The van der Waals surface area contributed by atoms with Gasteiger partial charge >= 0.3 is 0 Å². The van der Waals surface area contributed by atoms with Gasteiger partial charge in [0.15, 0.2) is 0 Å². The second kappa shape index (κ2) is 14.2. The number of benzene rings is 1. The molecule has 1 aromatic rings. The summed E-state index contributed by atoms with van der Waals surface area (Å²) in [4.78, 5) is 0. The molecule has 0 spiro atoms. The van der Waals surface area contributed by atoms with Crippen molar-refractivity contribution in [3.05, 3.63) is 41.5 Å². The topological polar surface area (TPSA) is 0 Å². The Morgan fingerprint density at radius 3 is 1.94 bits per heavy atom. The highest BCUT2D eigenvalue weighted by molar-refractivity contribution is 5.66. The van der Waals surface area contributed by atoms with Crippen LogP contribution in [-0.2, 0) is 0 Å². The van der Waals surface area contributed by atoms with E-state index in [2.05, 4.69) is 44.2 Å². The van der Waals surface area contributed by atoms with Crippen LogP contribution in [0, 0.1) is 11.8 Å². The van der Waals surface area contributed by atoms with Crippen LogP contribution in [0.4, 0.5) is 0 Å². The van der Waals surface area contributed by atoms with E-state index >= 15 is 0 Å². The molecule has 1 aromatic carbocycles. The van der Waals surface area contributed by atoms with Crippen molar-refractivity contribution in [2.45, 2.75) is 135 Å². The standard InChI is InChI=1S/C31H50/c1-3-5-7-8-9-10-11-13-27-16-20-29(21-17-27)31-24-22-30(23-25-31)28-18-14-26(15-19-28)12-6-4-2/h20,22-28H,3-19,21H2,1-2H3. The van der Waals surface area contributed by atoms with Crippen LogP contribution in [0.25, 0.3) is 5.57 Å². The Balaban J connectivity index is 1.37. The van der Waals surface area contributed by atoms with E-state index in [1.807, 2.05) is 0 Å². The van der Waals surface area contributed by atoms with E-state index < -0.39 is 0 Å². The molecular weight excluding hydrogens is 372 g/mol. The zero-order valence-corrected chi connectivity index (χ0v) is 20.8. The number of hydrogen-bond acceptors (Lipinski definition) is 0. The molecule has 1 atom stereocenters. The Morgan fingerprint density at radius 2 is 1.29 bits per heavy atom. The first-order chi connectivity index (χ1) is 15.3. The molecule has 0 aliphatic heterocycles. The first-order valence-electron chi connectivity index (χ1n) is 14.1. The van der Waals surface area contributed by atoms with Crippen molar-refractivity contribution in [3.8, 4) is 0 Å². The zero-order valence-electron chi connectivity index (χ0n) is 20.8. The Labute approximate surface area is 194 Å². The molecule has 0 heteroatoms. The van der Waals surface area contributed by atoms with Gasteiger partial charge in [0.2, 0.25) is 0 Å². The molecule has 0 bridgehead atoms. The van der Waals surface area contributed by atoms with Gasteiger partial charge in [0.05, 0.1) is 0 Å². The third kappa shape index (κ3) is 8.43. The van der Waals surface area contributed by atoms with Crippen LogP contribution in [0.3, 0.4) is 0 Å². The van der Waals surface area contributed by atoms with E-state index in [9.17, 15) is 0 Å². The third-order valence-corrected chi connectivity index (χ3v) is 8.30. The lowest BCUT2D eigenvalue weighted by atomic mass is 9.76. The highest BCUT2D eigenvalue weighted by Gasteiger charge is 2.22. The van der Waals surface area contributed by atoms with Crippen LogP contribution in [0.1, 0.15) is 146 Å². The van der Waals surface area contributed by atoms with Crippen molar-refractivity contribution in [3.63, 3.8) is 0 Å². The van der Waals surface area contributed by atoms with Gasteiger partial charge in [0.25, 0.3) is 0 Å². The molecule has 0 amide bonds. The molecule has 1 unspecified atom stereocenters. The third-order valence-electron chi connectivity index (χ3n) is 8.30. The Hall–Kier alpha value is -1.04. The van der Waals surface area contributed by atoms with Gasteiger partial charge in [-0.05, 0) is 79.4 Å². The molecule has 1 fully saturated rings. The number of allylic oxidation sites excluding steroid dienone is 2. The summed E-state index contributed by atoms with van der Waals surface area (Å²) in [6, 6.07) is 9.78. The first-order valence-corrected chi connectivity index (χ1v) is 14.1. The summed E-state index contributed by atoms with van der Waals surface area (Å²) >= 11 is 0. The summed E-state index contributed by atoms with van der Waals surface area (Å²) in [6.45, 7) is 4.63. The van der Waals surface area contributed by atoms with Crippen LogP contribution in [0.2, 0.25) is 0 Å². The van der Waals surface area contributed by atoms with Gasteiger partial charge < -0.3 is 0 Å². The smallest absolute Gasteiger partial charge is 0.0162 e. The highest BCUT2D eigenvalue weighted by atomic mass is 14.3. The maximum absolute atomic E-state index is 2.57. The summed E-state index contributed by atoms with van der Waals surface area (Å²) in [5.74, 6) is 2.78. The van der Waals surface area contributed by atoms with E-state index in [0.29, 0.717) is 0 Å². The van der Waals surface area contributed by atoms with Crippen molar-refractivity contribution in [1.82, 2.24) is 0 Å². The fraction of sp³-hybridized carbons (Fsp3) is 0.742. The number of rotatable bonds is 13. The predicted molar refractivity (Wildman–Crippen MR) is 139 cm³/mol. The molecule has 0 nitrogen and oxygen atoms in total. The maximum Gasteiger partial charge on any atom is -0.0162 e. The van der Waals surface area contributed by atoms with Crippen LogP contribution < -0.4 is 0 Å². The Morgan fingerprint density at radius 1 is 0.645 bits per heavy atom. The first kappa shape index (κ1) is 24.6. The molecule has 2 aliphatic carbocycles. The second-order valence-electron chi connectivity index (χ2n) is 10.8. The predicted octanol–water partition coefficient (Wildman–Crippen LogP) is 10.5. The van der Waals surface area contributed by atoms with Gasteiger partial charge in [-0.3, -0.25) is 0 Å². The lowest BCUT2D eigenvalue weighted by Crippen LogP contribution is -2.13. The minimum atomic E-state index is 0.818. The highest BCUT2D eigenvalue weighted by Crippen LogP contribution is 2.39. The van der Waals surface area contributed by atoms with E-state index in [1.165, 1.54) is 121 Å². The molecule has 0 N–H and O–H groups in total. The molecular formula is C31H50. The molecule has 2 aliphatic rings. The van der Waals surface area contributed by atoms with Gasteiger partial charge in [0.1, 0.15) is 0 Å². The van der Waals surface area contributed by atoms with E-state index in [4.69, 9.17) is 0 Å². The van der Waals surface area contributed by atoms with E-state index in [0.717, 1.165) is 17.8 Å². The summed E-state index contributed by atoms with van der Waals surface area (Å²) in [5.41, 5.74) is 4.71. The minimum absolute atomic E-state index is 0.818. The fourth-order valence-corrected chi connectivity index (χ4v) is 6.05. The number of hydrogen-bond donors (Lipinski definition) is 0. The quantitative estimate of drug-likeness (QED) is 0.277. The average Bonchev–Trinajstić information content (AvgIpc) is 2.83. The van der Waals surface area contributed by atoms with Gasteiger partial charge in [0, 0.05) is 0 Å². The van der Waals surface area contributed by atoms with Crippen molar-refractivity contribution < 1.29 is 0 Å². The van der Waals surface area contributed by atoms with Crippen LogP contribution in [0.5, 0.6) is 0 Å². The number of unbranched alkanes of at least 4 members (excludes halogenated alkanes) is 7. The second-order valence-corrected chi connectivity index (χ2v) is 10.8. The zero-order chi connectivity index (χ0) is 21.7. The lowest BCUT2D eigenvalue weighted by Gasteiger charge is -2.29. The van der Waals surface area contributed by atoms with E-state index in [1.54, 1.807) is 11.1 Å². The Kier molecular flexibility index (Phi) is 11.3. The normalized spacial score (nSPS) is 24.2. The van der Waals surface area contributed by atoms with Crippen molar-refractivity contribution in [2.75, 3.05) is 0 Å². The SMILES string of the molecule is CCCCCCCCCC1CC=C(c2ccc(C3CCC(CCCC)CC3)cc2)CC1. The van der Waals surface area contributed by atoms with E-state index in [-0.39, 0.29) is 0 Å². The summed E-state index contributed by atoms with van der Waals surface area (Å²) < 4.78 is 0. The van der Waals surface area contributed by atoms with Gasteiger partial charge in [-0.2, -0.15) is 0 Å². The van der Waals surface area contributed by atoms with Gasteiger partial charge in [-0.1, -0.05) is 115 Å². The van der Waals surface area contributed by atoms with Gasteiger partial charge in [-0.15, -0.1) is 0 Å². The van der Waals surface area contributed by atoms with Crippen LogP contribution in [-0.4, -0.2) is 0 Å². The molecule has 1 saturated carbocycles. The van der Waals surface area contributed by atoms with Crippen molar-refractivity contribution in [2.24, 2.45) is 11.8 Å². The lowest BCUT2D eigenvalue weighted by molar-refractivity contribution is 0.304. The summed E-state index contributed by atoms with van der Waals surface area (Å²) in [7, 11) is 0. The molecule has 0 saturated heterocycles. The van der Waals surface area contributed by atoms with Crippen molar-refractivity contribution >= 4 is 5.57 Å². The largest absolute Gasteiger partial charge is 0.0804 e. The Bertz CT molecular complexity index is 614. The molecule has 0 aromatic heterocycles.